The maximum Gasteiger partial charge on any atom is 0.273 e. The highest BCUT2D eigenvalue weighted by molar-refractivity contribution is 14.1. The fourth-order valence-corrected chi connectivity index (χ4v) is 2.66. The number of ether oxygens (including phenoxy) is 2. The molecule has 0 unspecified atom stereocenters. The normalized spacial score (nSPS) is 14.4. The van der Waals surface area contributed by atoms with Gasteiger partial charge < -0.3 is 14.8 Å². The van der Waals surface area contributed by atoms with Crippen LogP contribution in [0.25, 0.3) is 0 Å². The lowest BCUT2D eigenvalue weighted by Gasteiger charge is -2.23. The highest BCUT2D eigenvalue weighted by Gasteiger charge is 2.30. The van der Waals surface area contributed by atoms with E-state index < -0.39 is 9.70 Å². The maximum absolute atomic E-state index is 11.5. The summed E-state index contributed by atoms with van der Waals surface area (Å²) in [6, 6.07) is 9.70. The summed E-state index contributed by atoms with van der Waals surface area (Å²) in [5.41, 5.74) is 0.998. The maximum atomic E-state index is 11.5. The molecule has 2 atom stereocenters. The van der Waals surface area contributed by atoms with Crippen LogP contribution in [0.1, 0.15) is 18.1 Å². The minimum Gasteiger partial charge on any atom is -0.381 e. The summed E-state index contributed by atoms with van der Waals surface area (Å²) < 4.78 is 9.97. The summed E-state index contributed by atoms with van der Waals surface area (Å²) in [4.78, 5) is 11.5. The smallest absolute Gasteiger partial charge is 0.273 e. The molecule has 0 heterocycles. The van der Waals surface area contributed by atoms with Gasteiger partial charge in [-0.25, -0.2) is 0 Å². The number of nitrogens with one attached hydrogen (secondary N) is 1. The van der Waals surface area contributed by atoms with Crippen LogP contribution in [0.3, 0.4) is 0 Å². The fourth-order valence-electron chi connectivity index (χ4n) is 1.74. The summed E-state index contributed by atoms with van der Waals surface area (Å²) in [5, 5.41) is 2.43. The third kappa shape index (κ3) is 7.19. The molecule has 0 saturated heterocycles. The average Bonchev–Trinajstić information content (AvgIpc) is 2.50. The predicted octanol–water partition coefficient (Wildman–Crippen LogP) is 4.03. The zero-order valence-electron chi connectivity index (χ0n) is 11.9. The largest absolute Gasteiger partial charge is 0.381 e. The van der Waals surface area contributed by atoms with E-state index in [0.29, 0.717) is 6.42 Å². The van der Waals surface area contributed by atoms with Crippen LogP contribution in [0.4, 0.5) is 0 Å². The number of rotatable bonds is 8. The van der Waals surface area contributed by atoms with Crippen LogP contribution in [0, 0.1) is 0 Å². The molecule has 0 radical (unpaired) electrons. The number of carbonyl (C=O) groups excluding carboxylic acids is 1. The molecular weight excluding hydrogens is 463 g/mol. The van der Waals surface area contributed by atoms with Gasteiger partial charge in [0.2, 0.25) is 0 Å². The highest BCUT2D eigenvalue weighted by Crippen LogP contribution is 2.27. The average molecular weight is 481 g/mol. The first kappa shape index (κ1) is 20.3. The summed E-state index contributed by atoms with van der Waals surface area (Å²) in [5.74, 6) is -0.721. The first-order valence-corrected chi connectivity index (χ1v) is 9.14. The Bertz CT molecular complexity index is 452. The van der Waals surface area contributed by atoms with Crippen molar-refractivity contribution in [3.05, 3.63) is 35.9 Å². The van der Waals surface area contributed by atoms with Gasteiger partial charge >= 0.3 is 0 Å². The monoisotopic (exact) mass is 479 g/mol. The van der Waals surface area contributed by atoms with Crippen molar-refractivity contribution in [2.45, 2.75) is 22.4 Å². The quantitative estimate of drug-likeness (QED) is 0.347. The van der Waals surface area contributed by atoms with E-state index in [4.69, 9.17) is 44.3 Å². The molecule has 0 aliphatic carbocycles. The van der Waals surface area contributed by atoms with E-state index in [2.05, 4.69) is 27.9 Å². The zero-order valence-corrected chi connectivity index (χ0v) is 16.3. The van der Waals surface area contributed by atoms with E-state index in [1.807, 2.05) is 30.3 Å². The van der Waals surface area contributed by atoms with Crippen molar-refractivity contribution in [1.29, 1.82) is 0 Å². The van der Waals surface area contributed by atoms with Gasteiger partial charge in [-0.3, -0.25) is 4.79 Å². The number of benzene rings is 1. The van der Waals surface area contributed by atoms with Crippen LogP contribution in [0.15, 0.2) is 30.3 Å². The van der Waals surface area contributed by atoms with E-state index in [1.165, 1.54) is 0 Å². The van der Waals surface area contributed by atoms with Gasteiger partial charge in [-0.05, 0) is 5.56 Å². The Balaban J connectivity index is 2.65. The fraction of sp³-hybridized carbons (Fsp3) is 0.500. The SMILES string of the molecule is CO[C@H](CI)C[C@@H](OCNC(=O)C(Cl)(Cl)Cl)c1ccccc1. The minimum absolute atomic E-state index is 0.0506. The molecule has 22 heavy (non-hydrogen) atoms. The molecule has 1 aromatic carbocycles. The molecule has 124 valence electrons. The van der Waals surface area contributed by atoms with Crippen molar-refractivity contribution in [2.75, 3.05) is 18.3 Å². The molecule has 0 aromatic heterocycles. The van der Waals surface area contributed by atoms with Crippen LogP contribution in [-0.4, -0.2) is 34.1 Å². The van der Waals surface area contributed by atoms with E-state index in [9.17, 15) is 4.79 Å². The van der Waals surface area contributed by atoms with Crippen LogP contribution in [0.2, 0.25) is 0 Å². The van der Waals surface area contributed by atoms with Crippen molar-refractivity contribution in [2.24, 2.45) is 0 Å². The lowest BCUT2D eigenvalue weighted by molar-refractivity contribution is -0.123. The Morgan fingerprint density at radius 3 is 2.45 bits per heavy atom. The molecular formula is C14H17Cl3INO3. The van der Waals surface area contributed by atoms with Gasteiger partial charge in [-0.1, -0.05) is 87.7 Å². The third-order valence-corrected chi connectivity index (χ3v) is 4.43. The molecule has 1 amide bonds. The number of methoxy groups -OCH3 is 1. The number of halogens is 4. The van der Waals surface area contributed by atoms with Crippen LogP contribution in [-0.2, 0) is 14.3 Å². The standard InChI is InChI=1S/C14H17Cl3INO3/c1-21-11(8-18)7-12(10-5-3-2-4-6-10)22-9-19-13(20)14(15,16)17/h2-6,11-12H,7-9H2,1H3,(H,19,20)/t11-,12+/m0/s1. The first-order valence-electron chi connectivity index (χ1n) is 6.48. The molecule has 1 N–H and O–H groups in total. The van der Waals surface area contributed by atoms with E-state index >= 15 is 0 Å². The Morgan fingerprint density at radius 2 is 1.95 bits per heavy atom. The second-order valence-electron chi connectivity index (χ2n) is 4.46. The third-order valence-electron chi connectivity index (χ3n) is 2.93. The number of alkyl halides is 4. The van der Waals surface area contributed by atoms with Gasteiger partial charge in [0.25, 0.3) is 9.70 Å². The number of carbonyl (C=O) groups is 1. The van der Waals surface area contributed by atoms with E-state index in [0.717, 1.165) is 9.99 Å². The molecule has 8 heteroatoms. The molecule has 0 spiro atoms. The number of hydrogen-bond acceptors (Lipinski definition) is 3. The number of hydrogen-bond donors (Lipinski definition) is 1. The second kappa shape index (κ2) is 10.2. The van der Waals surface area contributed by atoms with Crippen LogP contribution in [0.5, 0.6) is 0 Å². The van der Waals surface area contributed by atoms with Gasteiger partial charge in [-0.2, -0.15) is 0 Å². The van der Waals surface area contributed by atoms with Crippen molar-refractivity contribution in [1.82, 2.24) is 5.32 Å². The first-order chi connectivity index (χ1) is 10.4. The number of amides is 1. The molecule has 0 saturated carbocycles. The summed E-state index contributed by atoms with van der Waals surface area (Å²) in [6.07, 6.45) is 0.485. The van der Waals surface area contributed by atoms with Crippen molar-refractivity contribution >= 4 is 63.3 Å². The zero-order chi connectivity index (χ0) is 16.6. The Morgan fingerprint density at radius 1 is 1.32 bits per heavy atom. The predicted molar refractivity (Wildman–Crippen MR) is 97.9 cm³/mol. The Hall–Kier alpha value is 0.210. The van der Waals surface area contributed by atoms with Crippen molar-refractivity contribution in [3.8, 4) is 0 Å². The van der Waals surface area contributed by atoms with E-state index in [1.54, 1.807) is 7.11 Å². The lowest BCUT2D eigenvalue weighted by atomic mass is 10.0. The molecule has 0 bridgehead atoms. The van der Waals surface area contributed by atoms with Gasteiger partial charge in [0.15, 0.2) is 0 Å². The molecule has 0 aliphatic rings. The Labute approximate surface area is 158 Å². The molecule has 1 rings (SSSR count). The molecule has 0 fully saturated rings. The van der Waals surface area contributed by atoms with Gasteiger partial charge in [0, 0.05) is 18.0 Å². The summed E-state index contributed by atoms with van der Waals surface area (Å²) >= 11 is 18.7. The van der Waals surface area contributed by atoms with E-state index in [-0.39, 0.29) is 18.9 Å². The highest BCUT2D eigenvalue weighted by atomic mass is 127. The molecule has 0 aliphatic heterocycles. The topological polar surface area (TPSA) is 47.6 Å². The van der Waals surface area contributed by atoms with Crippen molar-refractivity contribution in [3.63, 3.8) is 0 Å². The van der Waals surface area contributed by atoms with Crippen LogP contribution < -0.4 is 5.32 Å². The van der Waals surface area contributed by atoms with Gasteiger partial charge in [0.1, 0.15) is 6.73 Å². The lowest BCUT2D eigenvalue weighted by Crippen LogP contribution is -2.36. The van der Waals surface area contributed by atoms with Gasteiger partial charge in [-0.15, -0.1) is 0 Å². The van der Waals surface area contributed by atoms with Crippen LogP contribution >= 0.6 is 57.4 Å². The molecule has 1 aromatic rings. The summed E-state index contributed by atoms with van der Waals surface area (Å²) in [7, 11) is 1.66. The Kier molecular flexibility index (Phi) is 9.35. The second-order valence-corrected chi connectivity index (χ2v) is 7.62. The van der Waals surface area contributed by atoms with Gasteiger partial charge in [0.05, 0.1) is 12.2 Å². The molecule has 4 nitrogen and oxygen atoms in total. The minimum atomic E-state index is -2.00. The van der Waals surface area contributed by atoms with Crippen molar-refractivity contribution < 1.29 is 14.3 Å². The summed E-state index contributed by atoms with van der Waals surface area (Å²) in [6.45, 7) is -0.0516.